The predicted molar refractivity (Wildman–Crippen MR) is 153 cm³/mol. The van der Waals surface area contributed by atoms with Crippen molar-refractivity contribution in [1.29, 1.82) is 0 Å². The van der Waals surface area contributed by atoms with Crippen LogP contribution in [0.25, 0.3) is 0 Å². The maximum absolute atomic E-state index is 12.1. The van der Waals surface area contributed by atoms with Gasteiger partial charge in [-0.2, -0.15) is 8.42 Å². The van der Waals surface area contributed by atoms with Crippen LogP contribution < -0.4 is 34.5 Å². The molecule has 0 aromatic heterocycles. The van der Waals surface area contributed by atoms with Crippen molar-refractivity contribution in [2.45, 2.75) is 115 Å². The SMILES string of the molecule is CCCCCCCC/C=C\CCCCCCCCOCCCOP(=O)([O-])COS(=O)(=O)c1ccc(C)cc1.[Na+]. The smallest absolute Gasteiger partial charge is 0.777 e. The molecule has 7 nitrogen and oxygen atoms in total. The molecule has 10 heteroatoms. The van der Waals surface area contributed by atoms with E-state index in [4.69, 9.17) is 9.26 Å². The fraction of sp³-hybridized carbons (Fsp3) is 0.724. The molecule has 1 aromatic carbocycles. The summed E-state index contributed by atoms with van der Waals surface area (Å²) in [5.74, 6) is 0. The molecule has 0 radical (unpaired) electrons. The van der Waals surface area contributed by atoms with E-state index in [0.717, 1.165) is 18.4 Å². The Labute approximate surface area is 260 Å². The van der Waals surface area contributed by atoms with Crippen LogP contribution in [0.3, 0.4) is 0 Å². The van der Waals surface area contributed by atoms with Crippen molar-refractivity contribution in [1.82, 2.24) is 0 Å². The molecule has 39 heavy (non-hydrogen) atoms. The van der Waals surface area contributed by atoms with Crippen LogP contribution in [-0.2, 0) is 28.1 Å². The summed E-state index contributed by atoms with van der Waals surface area (Å²) >= 11 is 0. The van der Waals surface area contributed by atoms with Gasteiger partial charge in [0, 0.05) is 13.2 Å². The first-order chi connectivity index (χ1) is 18.3. The van der Waals surface area contributed by atoms with Gasteiger partial charge in [0.1, 0.15) is 6.35 Å². The number of benzene rings is 1. The number of aryl methyl sites for hydroxylation is 1. The van der Waals surface area contributed by atoms with Crippen LogP contribution in [0.5, 0.6) is 0 Å². The minimum Gasteiger partial charge on any atom is -0.777 e. The molecule has 0 saturated carbocycles. The van der Waals surface area contributed by atoms with Gasteiger partial charge in [-0.1, -0.05) is 94.6 Å². The van der Waals surface area contributed by atoms with E-state index in [0.29, 0.717) is 19.6 Å². The quantitative estimate of drug-likeness (QED) is 0.0531. The molecule has 1 aromatic rings. The average molecular weight is 597 g/mol. The normalized spacial score (nSPS) is 13.4. The van der Waals surface area contributed by atoms with Gasteiger partial charge in [-0.15, -0.1) is 0 Å². The molecule has 0 fully saturated rings. The van der Waals surface area contributed by atoms with E-state index in [9.17, 15) is 17.9 Å². The molecule has 0 aliphatic rings. The van der Waals surface area contributed by atoms with Gasteiger partial charge in [-0.25, -0.2) is 0 Å². The Kier molecular flexibility index (Phi) is 24.6. The molecule has 1 rings (SSSR count). The van der Waals surface area contributed by atoms with Crippen molar-refractivity contribution in [3.8, 4) is 0 Å². The van der Waals surface area contributed by atoms with Gasteiger partial charge < -0.3 is 18.7 Å². The topological polar surface area (TPSA) is 102 Å². The van der Waals surface area contributed by atoms with E-state index in [-0.39, 0.29) is 41.1 Å². The minimum absolute atomic E-state index is 0. The summed E-state index contributed by atoms with van der Waals surface area (Å²) in [4.78, 5) is 11.8. The van der Waals surface area contributed by atoms with Crippen LogP contribution in [0.15, 0.2) is 41.3 Å². The third-order valence-electron chi connectivity index (χ3n) is 6.20. The zero-order valence-electron chi connectivity index (χ0n) is 24.6. The second kappa shape index (κ2) is 24.6. The van der Waals surface area contributed by atoms with E-state index in [1.54, 1.807) is 12.1 Å². The monoisotopic (exact) mass is 596 g/mol. The molecule has 0 heterocycles. The Balaban J connectivity index is 0.0000144. The maximum atomic E-state index is 12.1. The molecule has 1 unspecified atom stereocenters. The number of allylic oxidation sites excluding steroid dienone is 2. The Morgan fingerprint density at radius 2 is 1.28 bits per heavy atom. The van der Waals surface area contributed by atoms with Crippen LogP contribution in [0, 0.1) is 6.92 Å². The fourth-order valence-electron chi connectivity index (χ4n) is 3.86. The summed E-state index contributed by atoms with van der Waals surface area (Å²) in [7, 11) is -8.58. The van der Waals surface area contributed by atoms with Crippen LogP contribution in [-0.4, -0.2) is 34.6 Å². The molecule has 1 atom stereocenters. The van der Waals surface area contributed by atoms with Gasteiger partial charge in [0.15, 0.2) is 7.60 Å². The van der Waals surface area contributed by atoms with E-state index < -0.39 is 24.1 Å². The third kappa shape index (κ3) is 22.3. The predicted octanol–water partition coefficient (Wildman–Crippen LogP) is 4.68. The van der Waals surface area contributed by atoms with Crippen molar-refractivity contribution in [2.75, 3.05) is 26.2 Å². The number of hydrogen-bond acceptors (Lipinski definition) is 7. The van der Waals surface area contributed by atoms with Gasteiger partial charge in [0.25, 0.3) is 10.1 Å². The van der Waals surface area contributed by atoms with Crippen LogP contribution in [0.1, 0.15) is 109 Å². The van der Waals surface area contributed by atoms with Crippen molar-refractivity contribution >= 4 is 17.7 Å². The van der Waals surface area contributed by atoms with Gasteiger partial charge >= 0.3 is 29.6 Å². The molecule has 0 N–H and O–H groups in total. The summed E-state index contributed by atoms with van der Waals surface area (Å²) < 4.78 is 51.2. The Hall–Kier alpha value is -0.0200. The van der Waals surface area contributed by atoms with Crippen molar-refractivity contribution in [3.63, 3.8) is 0 Å². The maximum Gasteiger partial charge on any atom is 1.00 e. The number of unbranched alkanes of at least 4 members (excludes halogenated alkanes) is 12. The third-order valence-corrected chi connectivity index (χ3v) is 8.67. The molecule has 0 saturated heterocycles. The molecule has 0 spiro atoms. The molecule has 0 bridgehead atoms. The Morgan fingerprint density at radius 3 is 1.87 bits per heavy atom. The van der Waals surface area contributed by atoms with Crippen LogP contribution >= 0.6 is 7.60 Å². The standard InChI is InChI=1S/C29H51O7PS.Na/c1-3-4-5-6-7-8-9-10-11-12-13-14-15-16-17-18-24-34-25-19-26-35-37(30,31)27-36-38(32,33)29-22-20-28(2)21-23-29;/h10-11,20-23H,3-9,12-19,24-27H2,1-2H3,(H,30,31);/q;+1/p-1/b11-10-;. The van der Waals surface area contributed by atoms with E-state index in [2.05, 4.69) is 23.3 Å². The van der Waals surface area contributed by atoms with Gasteiger partial charge in [0.05, 0.1) is 11.5 Å². The summed E-state index contributed by atoms with van der Waals surface area (Å²) in [6.07, 6.45) is 21.7. The number of hydrogen-bond donors (Lipinski definition) is 0. The molecule has 0 aliphatic carbocycles. The van der Waals surface area contributed by atoms with Crippen molar-refractivity contribution in [3.05, 3.63) is 42.0 Å². The summed E-state index contributed by atoms with van der Waals surface area (Å²) in [5.41, 5.74) is 0.886. The Morgan fingerprint density at radius 1 is 0.769 bits per heavy atom. The molecular formula is C29H50NaO7PS. The summed E-state index contributed by atoms with van der Waals surface area (Å²) in [5, 5.41) is 0. The molecule has 220 valence electrons. The van der Waals surface area contributed by atoms with Crippen molar-refractivity contribution in [2.24, 2.45) is 0 Å². The second-order valence-corrected chi connectivity index (χ2v) is 13.2. The fourth-order valence-corrected chi connectivity index (χ4v) is 6.02. The first-order valence-corrected chi connectivity index (χ1v) is 17.5. The van der Waals surface area contributed by atoms with Gasteiger partial charge in [-0.05, 0) is 57.6 Å². The first kappa shape index (κ1) is 39.0. The zero-order chi connectivity index (χ0) is 28.0. The van der Waals surface area contributed by atoms with E-state index in [1.807, 2.05) is 6.92 Å². The van der Waals surface area contributed by atoms with Crippen LogP contribution in [0.4, 0.5) is 0 Å². The van der Waals surface area contributed by atoms with Gasteiger partial charge in [-0.3, -0.25) is 4.18 Å². The Bertz CT molecular complexity index is 891. The number of ether oxygens (including phenoxy) is 1. The molecule has 0 amide bonds. The van der Waals surface area contributed by atoms with E-state index >= 15 is 0 Å². The van der Waals surface area contributed by atoms with Crippen molar-refractivity contribution < 1.29 is 60.9 Å². The summed E-state index contributed by atoms with van der Waals surface area (Å²) in [6.45, 7) is 5.05. The average Bonchev–Trinajstić information content (AvgIpc) is 2.89. The largest absolute Gasteiger partial charge is 1.00 e. The van der Waals surface area contributed by atoms with E-state index in [1.165, 1.54) is 89.2 Å². The molecular weight excluding hydrogens is 546 g/mol. The van der Waals surface area contributed by atoms with Gasteiger partial charge in [0.2, 0.25) is 0 Å². The van der Waals surface area contributed by atoms with Crippen LogP contribution in [0.2, 0.25) is 0 Å². The number of rotatable bonds is 25. The zero-order valence-corrected chi connectivity index (χ0v) is 28.3. The first-order valence-electron chi connectivity index (χ1n) is 14.4. The molecule has 0 aliphatic heterocycles. The second-order valence-electron chi connectivity index (χ2n) is 9.86. The summed E-state index contributed by atoms with van der Waals surface area (Å²) in [6, 6.07) is 5.97. The minimum atomic E-state index is -4.43.